The Labute approximate surface area is 158 Å². The van der Waals surface area contributed by atoms with E-state index in [9.17, 15) is 4.79 Å². The van der Waals surface area contributed by atoms with E-state index in [-0.39, 0.29) is 5.91 Å². The first-order valence-electron chi connectivity index (χ1n) is 8.69. The van der Waals surface area contributed by atoms with Gasteiger partial charge in [0, 0.05) is 5.69 Å². The number of amides is 1. The molecule has 1 aliphatic heterocycles. The molecule has 1 amide bonds. The highest BCUT2D eigenvalue weighted by Crippen LogP contribution is 2.40. The van der Waals surface area contributed by atoms with E-state index in [1.807, 2.05) is 72.8 Å². The number of hydrogen-bond donors (Lipinski definition) is 1. The Hall–Kier alpha value is -3.47. The van der Waals surface area contributed by atoms with Crippen LogP contribution >= 0.6 is 0 Å². The topological polar surface area (TPSA) is 50.8 Å². The van der Waals surface area contributed by atoms with Crippen LogP contribution < -0.4 is 19.7 Å². The number of carbonyl (C=O) groups is 1. The quantitative estimate of drug-likeness (QED) is 0.746. The fourth-order valence-electron chi connectivity index (χ4n) is 3.38. The van der Waals surface area contributed by atoms with Gasteiger partial charge in [0.25, 0.3) is 5.91 Å². The van der Waals surface area contributed by atoms with Gasteiger partial charge >= 0.3 is 0 Å². The number of nitrogens with zero attached hydrogens (tertiary/aromatic N) is 1. The van der Waals surface area contributed by atoms with Gasteiger partial charge in [0.05, 0.1) is 25.5 Å². The third-order valence-electron chi connectivity index (χ3n) is 4.68. The van der Waals surface area contributed by atoms with Crippen molar-refractivity contribution >= 4 is 17.3 Å². The lowest BCUT2D eigenvalue weighted by Gasteiger charge is -2.38. The van der Waals surface area contributed by atoms with Crippen LogP contribution in [0.1, 0.15) is 22.1 Å². The van der Waals surface area contributed by atoms with Gasteiger partial charge in [-0.2, -0.15) is 0 Å². The maximum Gasteiger partial charge on any atom is 0.262 e. The highest BCUT2D eigenvalue weighted by Gasteiger charge is 2.35. The molecule has 0 aromatic heterocycles. The van der Waals surface area contributed by atoms with Crippen molar-refractivity contribution in [3.63, 3.8) is 0 Å². The Morgan fingerprint density at radius 1 is 0.889 bits per heavy atom. The van der Waals surface area contributed by atoms with Crippen molar-refractivity contribution < 1.29 is 14.3 Å². The molecule has 0 aliphatic carbocycles. The van der Waals surface area contributed by atoms with Crippen molar-refractivity contribution in [3.8, 4) is 11.5 Å². The number of anilines is 2. The maximum absolute atomic E-state index is 13.4. The van der Waals surface area contributed by atoms with Crippen molar-refractivity contribution in [1.29, 1.82) is 0 Å². The average molecular weight is 360 g/mol. The van der Waals surface area contributed by atoms with Crippen molar-refractivity contribution in [1.82, 2.24) is 0 Å². The zero-order chi connectivity index (χ0) is 18.8. The molecule has 136 valence electrons. The zero-order valence-corrected chi connectivity index (χ0v) is 15.2. The Morgan fingerprint density at radius 2 is 1.67 bits per heavy atom. The number of methoxy groups -OCH3 is 2. The van der Waals surface area contributed by atoms with Gasteiger partial charge in [-0.1, -0.05) is 36.4 Å². The van der Waals surface area contributed by atoms with E-state index in [1.165, 1.54) is 0 Å². The van der Waals surface area contributed by atoms with Crippen LogP contribution in [0.4, 0.5) is 11.4 Å². The molecule has 0 bridgehead atoms. The SMILES string of the molecule is COc1cccc([C@@H]2Nc3ccccc3C(=O)N2c2ccccc2OC)c1. The predicted octanol–water partition coefficient (Wildman–Crippen LogP) is 4.47. The number of benzene rings is 3. The summed E-state index contributed by atoms with van der Waals surface area (Å²) < 4.78 is 10.9. The molecular weight excluding hydrogens is 340 g/mol. The van der Waals surface area contributed by atoms with E-state index in [4.69, 9.17) is 9.47 Å². The summed E-state index contributed by atoms with van der Waals surface area (Å²) in [6.45, 7) is 0. The first-order chi connectivity index (χ1) is 13.2. The molecule has 0 radical (unpaired) electrons. The van der Waals surface area contributed by atoms with Gasteiger partial charge in [0.2, 0.25) is 0 Å². The average Bonchev–Trinajstić information content (AvgIpc) is 2.73. The third-order valence-corrected chi connectivity index (χ3v) is 4.68. The molecule has 1 atom stereocenters. The molecule has 0 saturated carbocycles. The third kappa shape index (κ3) is 2.97. The number of fused-ring (bicyclic) bond motifs is 1. The summed E-state index contributed by atoms with van der Waals surface area (Å²) in [5, 5.41) is 3.49. The minimum absolute atomic E-state index is 0.0818. The lowest BCUT2D eigenvalue weighted by atomic mass is 10.0. The molecule has 3 aromatic carbocycles. The molecule has 1 aliphatic rings. The molecule has 5 nitrogen and oxygen atoms in total. The van der Waals surface area contributed by atoms with Crippen LogP contribution in [0, 0.1) is 0 Å². The summed E-state index contributed by atoms with van der Waals surface area (Å²) in [6, 6.07) is 22.8. The van der Waals surface area contributed by atoms with E-state index in [1.54, 1.807) is 19.1 Å². The monoisotopic (exact) mass is 360 g/mol. The first-order valence-corrected chi connectivity index (χ1v) is 8.69. The summed E-state index contributed by atoms with van der Waals surface area (Å²) in [7, 11) is 3.24. The fraction of sp³-hybridized carbons (Fsp3) is 0.136. The smallest absolute Gasteiger partial charge is 0.262 e. The Balaban J connectivity index is 1.89. The molecule has 1 heterocycles. The minimum Gasteiger partial charge on any atom is -0.497 e. The van der Waals surface area contributed by atoms with Crippen LogP contribution in [0.2, 0.25) is 0 Å². The van der Waals surface area contributed by atoms with Gasteiger partial charge in [0.15, 0.2) is 0 Å². The van der Waals surface area contributed by atoms with Gasteiger partial charge < -0.3 is 14.8 Å². The highest BCUT2D eigenvalue weighted by molar-refractivity contribution is 6.12. The number of para-hydroxylation sites is 3. The summed E-state index contributed by atoms with van der Waals surface area (Å²) in [5.74, 6) is 1.29. The van der Waals surface area contributed by atoms with E-state index in [0.29, 0.717) is 17.0 Å². The molecule has 0 spiro atoms. The second-order valence-electron chi connectivity index (χ2n) is 6.22. The largest absolute Gasteiger partial charge is 0.497 e. The molecule has 5 heteroatoms. The molecule has 0 unspecified atom stereocenters. The second-order valence-corrected chi connectivity index (χ2v) is 6.22. The van der Waals surface area contributed by atoms with Crippen molar-refractivity contribution in [3.05, 3.63) is 83.9 Å². The van der Waals surface area contributed by atoms with E-state index in [0.717, 1.165) is 17.0 Å². The molecule has 4 rings (SSSR count). The van der Waals surface area contributed by atoms with Gasteiger partial charge in [0.1, 0.15) is 17.7 Å². The Kier molecular flexibility index (Phi) is 4.42. The molecule has 0 fully saturated rings. The Morgan fingerprint density at radius 3 is 2.48 bits per heavy atom. The van der Waals surface area contributed by atoms with E-state index >= 15 is 0 Å². The van der Waals surface area contributed by atoms with Crippen LogP contribution in [0.15, 0.2) is 72.8 Å². The van der Waals surface area contributed by atoms with Gasteiger partial charge in [-0.3, -0.25) is 9.69 Å². The predicted molar refractivity (Wildman–Crippen MR) is 106 cm³/mol. The van der Waals surface area contributed by atoms with Crippen LogP contribution in [-0.4, -0.2) is 20.1 Å². The first kappa shape index (κ1) is 17.0. The summed E-state index contributed by atoms with van der Waals surface area (Å²) in [4.78, 5) is 15.2. The summed E-state index contributed by atoms with van der Waals surface area (Å²) >= 11 is 0. The summed E-state index contributed by atoms with van der Waals surface area (Å²) in [5.41, 5.74) is 3.06. The van der Waals surface area contributed by atoms with Crippen LogP contribution in [-0.2, 0) is 0 Å². The van der Waals surface area contributed by atoms with Crippen LogP contribution in [0.3, 0.4) is 0 Å². The lowest BCUT2D eigenvalue weighted by molar-refractivity contribution is 0.0974. The molecule has 0 saturated heterocycles. The molecule has 1 N–H and O–H groups in total. The van der Waals surface area contributed by atoms with Gasteiger partial charge in [-0.25, -0.2) is 0 Å². The van der Waals surface area contributed by atoms with Crippen molar-refractivity contribution in [2.75, 3.05) is 24.4 Å². The number of ether oxygens (including phenoxy) is 2. The summed E-state index contributed by atoms with van der Waals surface area (Å²) in [6.07, 6.45) is -0.390. The van der Waals surface area contributed by atoms with Gasteiger partial charge in [-0.05, 0) is 42.0 Å². The molecular formula is C22H20N2O3. The van der Waals surface area contributed by atoms with Crippen LogP contribution in [0.5, 0.6) is 11.5 Å². The highest BCUT2D eigenvalue weighted by atomic mass is 16.5. The van der Waals surface area contributed by atoms with E-state index in [2.05, 4.69) is 5.32 Å². The standard InChI is InChI=1S/C22H20N2O3/c1-26-16-9-7-8-15(14-16)21-23-18-11-4-3-10-17(18)22(25)24(21)19-12-5-6-13-20(19)27-2/h3-14,21,23H,1-2H3/t21-/m1/s1. The number of rotatable bonds is 4. The zero-order valence-electron chi connectivity index (χ0n) is 15.2. The van der Waals surface area contributed by atoms with Crippen LogP contribution in [0.25, 0.3) is 0 Å². The van der Waals surface area contributed by atoms with Crippen molar-refractivity contribution in [2.45, 2.75) is 6.17 Å². The normalized spacial score (nSPS) is 15.7. The molecule has 27 heavy (non-hydrogen) atoms. The van der Waals surface area contributed by atoms with Gasteiger partial charge in [-0.15, -0.1) is 0 Å². The maximum atomic E-state index is 13.4. The molecule has 3 aromatic rings. The number of carbonyl (C=O) groups excluding carboxylic acids is 1. The lowest BCUT2D eigenvalue weighted by Crippen LogP contribution is -2.43. The minimum atomic E-state index is -0.390. The Bertz CT molecular complexity index is 987. The number of hydrogen-bond acceptors (Lipinski definition) is 4. The fourth-order valence-corrected chi connectivity index (χ4v) is 3.38. The van der Waals surface area contributed by atoms with Crippen molar-refractivity contribution in [2.24, 2.45) is 0 Å². The second kappa shape index (κ2) is 7.03. The van der Waals surface area contributed by atoms with E-state index < -0.39 is 6.17 Å². The number of nitrogens with one attached hydrogen (secondary N) is 1.